The van der Waals surface area contributed by atoms with Gasteiger partial charge in [-0.25, -0.2) is 9.97 Å². The molecular weight excluding hydrogens is 422 g/mol. The topological polar surface area (TPSA) is 70.2 Å². The van der Waals surface area contributed by atoms with Gasteiger partial charge in [0.15, 0.2) is 0 Å². The first-order chi connectivity index (χ1) is 15.4. The average molecular weight is 456 g/mol. The summed E-state index contributed by atoms with van der Waals surface area (Å²) in [5.41, 5.74) is 0.698. The van der Waals surface area contributed by atoms with Crippen molar-refractivity contribution in [2.24, 2.45) is 0 Å². The Bertz CT molecular complexity index is 932. The van der Waals surface area contributed by atoms with Crippen LogP contribution < -0.4 is 15.5 Å². The second-order valence-electron chi connectivity index (χ2n) is 9.52. The summed E-state index contributed by atoms with van der Waals surface area (Å²) in [6.45, 7) is 1.92. The highest BCUT2D eigenvalue weighted by Crippen LogP contribution is 2.42. The summed E-state index contributed by atoms with van der Waals surface area (Å²) in [5, 5.41) is 7.69. The van der Waals surface area contributed by atoms with E-state index in [1.54, 1.807) is 0 Å². The van der Waals surface area contributed by atoms with Gasteiger partial charge in [0.1, 0.15) is 17.5 Å². The molecule has 2 aliphatic carbocycles. The van der Waals surface area contributed by atoms with Gasteiger partial charge < -0.3 is 15.5 Å². The molecule has 2 saturated carbocycles. The molecule has 172 valence electrons. The van der Waals surface area contributed by atoms with Crippen LogP contribution in [-0.2, 0) is 10.2 Å². The first-order valence-corrected chi connectivity index (χ1v) is 12.1. The van der Waals surface area contributed by atoms with E-state index in [9.17, 15) is 4.79 Å². The van der Waals surface area contributed by atoms with Crippen molar-refractivity contribution >= 4 is 29.1 Å². The Hall–Kier alpha value is -2.34. The van der Waals surface area contributed by atoms with Gasteiger partial charge in [-0.15, -0.1) is 0 Å². The van der Waals surface area contributed by atoms with E-state index in [0.717, 1.165) is 74.4 Å². The number of amides is 1. The predicted octanol–water partition coefficient (Wildman–Crippen LogP) is 4.86. The Morgan fingerprint density at radius 1 is 1.03 bits per heavy atom. The number of hydrogen-bond acceptors (Lipinski definition) is 5. The minimum absolute atomic E-state index is 0.191. The molecule has 2 aliphatic rings. The summed E-state index contributed by atoms with van der Waals surface area (Å²) >= 11 is 6.09. The highest BCUT2D eigenvalue weighted by atomic mass is 35.5. The van der Waals surface area contributed by atoms with Gasteiger partial charge >= 0.3 is 0 Å². The third kappa shape index (κ3) is 5.01. The van der Waals surface area contributed by atoms with E-state index >= 15 is 0 Å². The number of hydrogen-bond donors (Lipinski definition) is 2. The molecule has 0 bridgehead atoms. The van der Waals surface area contributed by atoms with Crippen LogP contribution in [0.1, 0.15) is 62.8 Å². The van der Waals surface area contributed by atoms with Crippen molar-refractivity contribution in [1.29, 1.82) is 0 Å². The highest BCUT2D eigenvalue weighted by Gasteiger charge is 2.43. The van der Waals surface area contributed by atoms with Crippen LogP contribution in [0.4, 0.5) is 11.6 Å². The number of rotatable bonds is 6. The van der Waals surface area contributed by atoms with E-state index in [1.807, 2.05) is 56.3 Å². The van der Waals surface area contributed by atoms with E-state index in [2.05, 4.69) is 20.6 Å². The molecule has 2 N–H and O–H groups in total. The van der Waals surface area contributed by atoms with Crippen LogP contribution >= 0.6 is 11.6 Å². The molecule has 0 saturated heterocycles. The first-order valence-electron chi connectivity index (χ1n) is 11.7. The molecule has 2 aromatic rings. The van der Waals surface area contributed by atoms with Crippen molar-refractivity contribution in [3.63, 3.8) is 0 Å². The summed E-state index contributed by atoms with van der Waals surface area (Å²) in [7, 11) is 3.97. The number of halogens is 1. The van der Waals surface area contributed by atoms with Gasteiger partial charge in [-0.05, 0) is 63.1 Å². The molecule has 7 heteroatoms. The summed E-state index contributed by atoms with van der Waals surface area (Å²) in [4.78, 5) is 24.5. The lowest BCUT2D eigenvalue weighted by Gasteiger charge is -2.34. The number of anilines is 2. The monoisotopic (exact) mass is 455 g/mol. The molecule has 6 nitrogen and oxygen atoms in total. The quantitative estimate of drug-likeness (QED) is 0.651. The maximum Gasteiger partial charge on any atom is 0.230 e. The Balaban J connectivity index is 1.35. The van der Waals surface area contributed by atoms with Gasteiger partial charge in [0.05, 0.1) is 5.41 Å². The molecule has 0 aliphatic heterocycles. The fourth-order valence-electron chi connectivity index (χ4n) is 5.16. The highest BCUT2D eigenvalue weighted by molar-refractivity contribution is 6.30. The Labute approximate surface area is 196 Å². The first kappa shape index (κ1) is 22.8. The smallest absolute Gasteiger partial charge is 0.230 e. The summed E-state index contributed by atoms with van der Waals surface area (Å²) in [6, 6.07) is 10.4. The zero-order chi connectivity index (χ0) is 22.7. The fraction of sp³-hybridized carbons (Fsp3) is 0.560. The normalized spacial score (nSPS) is 22.4. The molecule has 4 rings (SSSR count). The second kappa shape index (κ2) is 9.65. The van der Waals surface area contributed by atoms with Gasteiger partial charge in [-0.1, -0.05) is 36.6 Å². The van der Waals surface area contributed by atoms with Crippen LogP contribution in [0, 0.1) is 6.92 Å². The third-order valence-corrected chi connectivity index (χ3v) is 7.24. The minimum atomic E-state index is -0.402. The lowest BCUT2D eigenvalue weighted by molar-refractivity contribution is -0.127. The Kier molecular flexibility index (Phi) is 6.89. The number of aryl methyl sites for hydroxylation is 1. The van der Waals surface area contributed by atoms with E-state index < -0.39 is 5.41 Å². The number of nitrogens with one attached hydrogen (secondary N) is 2. The molecule has 32 heavy (non-hydrogen) atoms. The standard InChI is InChI=1S/C25H34ClN5O/c1-17-27-22(16-23(28-17)31(2)3)29-20-10-12-21(13-11-20)30-24(32)25(14-4-5-15-25)18-6-8-19(26)9-7-18/h6-9,16,20-21H,4-5,10-15H2,1-3H3,(H,30,32)(H,27,28,29). The van der Waals surface area contributed by atoms with Gasteiger partial charge in [0.25, 0.3) is 0 Å². The van der Waals surface area contributed by atoms with Crippen molar-refractivity contribution in [3.8, 4) is 0 Å². The average Bonchev–Trinajstić information content (AvgIpc) is 3.26. The predicted molar refractivity (Wildman–Crippen MR) is 131 cm³/mol. The zero-order valence-corrected chi connectivity index (χ0v) is 20.1. The lowest BCUT2D eigenvalue weighted by atomic mass is 9.77. The molecule has 0 spiro atoms. The number of carbonyl (C=O) groups is 1. The number of carbonyl (C=O) groups excluding carboxylic acids is 1. The van der Waals surface area contributed by atoms with Crippen molar-refractivity contribution in [1.82, 2.24) is 15.3 Å². The molecule has 1 aromatic heterocycles. The van der Waals surface area contributed by atoms with E-state index in [1.165, 1.54) is 0 Å². The van der Waals surface area contributed by atoms with Crippen molar-refractivity contribution < 1.29 is 4.79 Å². The van der Waals surface area contributed by atoms with Crippen LogP contribution in [0.15, 0.2) is 30.3 Å². The number of benzene rings is 1. The second-order valence-corrected chi connectivity index (χ2v) is 9.95. The zero-order valence-electron chi connectivity index (χ0n) is 19.3. The van der Waals surface area contributed by atoms with Gasteiger partial charge in [-0.2, -0.15) is 0 Å². The molecule has 0 atom stereocenters. The van der Waals surface area contributed by atoms with Gasteiger partial charge in [-0.3, -0.25) is 4.79 Å². The summed E-state index contributed by atoms with van der Waals surface area (Å²) in [5.74, 6) is 2.74. The lowest BCUT2D eigenvalue weighted by Crippen LogP contribution is -2.48. The molecule has 0 radical (unpaired) electrons. The van der Waals surface area contributed by atoms with Crippen LogP contribution in [0.25, 0.3) is 0 Å². The molecular formula is C25H34ClN5O. The van der Waals surface area contributed by atoms with E-state index in [4.69, 9.17) is 11.6 Å². The maximum absolute atomic E-state index is 13.5. The molecule has 1 amide bonds. The summed E-state index contributed by atoms with van der Waals surface area (Å²) < 4.78 is 0. The van der Waals surface area contributed by atoms with Crippen LogP contribution in [0.3, 0.4) is 0 Å². The molecule has 1 aromatic carbocycles. The molecule has 1 heterocycles. The fourth-order valence-corrected chi connectivity index (χ4v) is 5.29. The summed E-state index contributed by atoms with van der Waals surface area (Å²) in [6.07, 6.45) is 8.01. The molecule has 0 unspecified atom stereocenters. The number of nitrogens with zero attached hydrogens (tertiary/aromatic N) is 3. The minimum Gasteiger partial charge on any atom is -0.367 e. The molecule has 2 fully saturated rings. The number of aromatic nitrogens is 2. The van der Waals surface area contributed by atoms with Crippen LogP contribution in [0.5, 0.6) is 0 Å². The van der Waals surface area contributed by atoms with Crippen LogP contribution in [-0.4, -0.2) is 42.1 Å². The third-order valence-electron chi connectivity index (χ3n) is 6.99. The largest absolute Gasteiger partial charge is 0.367 e. The van der Waals surface area contributed by atoms with Gasteiger partial charge in [0.2, 0.25) is 5.91 Å². The van der Waals surface area contributed by atoms with Crippen molar-refractivity contribution in [2.75, 3.05) is 24.3 Å². The van der Waals surface area contributed by atoms with Crippen molar-refractivity contribution in [2.45, 2.75) is 75.8 Å². The van der Waals surface area contributed by atoms with E-state index in [-0.39, 0.29) is 11.9 Å². The maximum atomic E-state index is 13.5. The van der Waals surface area contributed by atoms with Crippen LogP contribution in [0.2, 0.25) is 5.02 Å². The Morgan fingerprint density at radius 2 is 1.66 bits per heavy atom. The van der Waals surface area contributed by atoms with Gasteiger partial charge in [0, 0.05) is 37.3 Å². The Morgan fingerprint density at radius 3 is 2.28 bits per heavy atom. The van der Waals surface area contributed by atoms with E-state index in [0.29, 0.717) is 11.1 Å². The SMILES string of the molecule is Cc1nc(NC2CCC(NC(=O)C3(c4ccc(Cl)cc4)CCCC3)CC2)cc(N(C)C)n1. The van der Waals surface area contributed by atoms with Crippen molar-refractivity contribution in [3.05, 3.63) is 46.7 Å².